The highest BCUT2D eigenvalue weighted by Crippen LogP contribution is 2.65. The van der Waals surface area contributed by atoms with E-state index in [0.29, 0.717) is 12.8 Å². The molecule has 132 valence electrons. The Hall–Kier alpha value is -1.63. The predicted molar refractivity (Wildman–Crippen MR) is 96.3 cm³/mol. The summed E-state index contributed by atoms with van der Waals surface area (Å²) in [5, 5.41) is 22.4. The molecule has 0 saturated heterocycles. The minimum atomic E-state index is -1.03. The first-order chi connectivity index (χ1) is 11.7. The van der Waals surface area contributed by atoms with Gasteiger partial charge in [0.15, 0.2) is 5.78 Å². The fourth-order valence-electron chi connectivity index (χ4n) is 6.20. The van der Waals surface area contributed by atoms with E-state index in [1.165, 1.54) is 0 Å². The van der Waals surface area contributed by atoms with E-state index in [2.05, 4.69) is 37.8 Å². The Bertz CT molecular complexity index is 779. The van der Waals surface area contributed by atoms with Crippen LogP contribution in [-0.2, 0) is 4.79 Å². The van der Waals surface area contributed by atoms with Gasteiger partial charge in [-0.1, -0.05) is 38.0 Å². The number of hydrogen-bond acceptors (Lipinski definition) is 3. The predicted octanol–water partition coefficient (Wildman–Crippen LogP) is 2.80. The lowest BCUT2D eigenvalue weighted by molar-refractivity contribution is -0.129. The lowest BCUT2D eigenvalue weighted by atomic mass is 9.48. The van der Waals surface area contributed by atoms with E-state index < -0.39 is 17.1 Å². The maximum absolute atomic E-state index is 11.8. The van der Waals surface area contributed by atoms with Crippen molar-refractivity contribution in [1.82, 2.24) is 0 Å². The lowest BCUT2D eigenvalue weighted by Crippen LogP contribution is -2.58. The van der Waals surface area contributed by atoms with Crippen molar-refractivity contribution in [3.63, 3.8) is 0 Å². The molecule has 0 aromatic carbocycles. The minimum Gasteiger partial charge on any atom is -0.393 e. The molecule has 25 heavy (non-hydrogen) atoms. The van der Waals surface area contributed by atoms with Gasteiger partial charge in [-0.2, -0.15) is 0 Å². The average Bonchev–Trinajstić information content (AvgIpc) is 2.79. The van der Waals surface area contributed by atoms with Gasteiger partial charge in [-0.05, 0) is 55.7 Å². The minimum absolute atomic E-state index is 0.0131. The molecule has 2 saturated carbocycles. The molecule has 0 aromatic rings. The van der Waals surface area contributed by atoms with Gasteiger partial charge in [0.2, 0.25) is 0 Å². The Kier molecular flexibility index (Phi) is 3.49. The van der Waals surface area contributed by atoms with E-state index in [1.807, 2.05) is 6.08 Å². The summed E-state index contributed by atoms with van der Waals surface area (Å²) in [6, 6.07) is 0. The Labute approximate surface area is 149 Å². The van der Waals surface area contributed by atoms with Crippen molar-refractivity contribution in [3.05, 3.63) is 36.0 Å². The molecule has 4 aliphatic carbocycles. The summed E-state index contributed by atoms with van der Waals surface area (Å²) < 4.78 is 0. The van der Waals surface area contributed by atoms with Crippen molar-refractivity contribution in [1.29, 1.82) is 0 Å². The smallest absolute Gasteiger partial charge is 0.178 e. The van der Waals surface area contributed by atoms with Gasteiger partial charge in [-0.15, -0.1) is 5.92 Å². The maximum Gasteiger partial charge on any atom is 0.178 e. The number of rotatable bonds is 0. The summed E-state index contributed by atoms with van der Waals surface area (Å²) in [5.41, 5.74) is -0.773. The fraction of sp³-hybridized carbons (Fsp3) is 0.591. The molecule has 2 N–H and O–H groups in total. The van der Waals surface area contributed by atoms with Crippen LogP contribution in [0.15, 0.2) is 36.0 Å². The van der Waals surface area contributed by atoms with Crippen LogP contribution in [0.5, 0.6) is 0 Å². The van der Waals surface area contributed by atoms with Crippen LogP contribution in [0.25, 0.3) is 0 Å². The van der Waals surface area contributed by atoms with Gasteiger partial charge >= 0.3 is 0 Å². The molecule has 3 heteroatoms. The van der Waals surface area contributed by atoms with Crippen LogP contribution in [0.2, 0.25) is 0 Å². The van der Waals surface area contributed by atoms with E-state index in [0.717, 1.165) is 12.0 Å². The van der Waals surface area contributed by atoms with Crippen molar-refractivity contribution < 1.29 is 15.0 Å². The molecular weight excluding hydrogens is 312 g/mol. The molecule has 0 aliphatic heterocycles. The second-order valence-corrected chi connectivity index (χ2v) is 8.65. The first-order valence-corrected chi connectivity index (χ1v) is 9.23. The second-order valence-electron chi connectivity index (χ2n) is 8.65. The van der Waals surface area contributed by atoms with Crippen LogP contribution in [0.4, 0.5) is 0 Å². The number of ketones is 1. The van der Waals surface area contributed by atoms with Crippen molar-refractivity contribution in [3.8, 4) is 11.8 Å². The zero-order chi connectivity index (χ0) is 18.0. The molecule has 0 radical (unpaired) electrons. The number of carbonyl (C=O) groups excluding carboxylic acids is 1. The van der Waals surface area contributed by atoms with Gasteiger partial charge in [0.05, 0.1) is 6.10 Å². The van der Waals surface area contributed by atoms with E-state index in [1.54, 1.807) is 19.1 Å². The monoisotopic (exact) mass is 338 g/mol. The first kappa shape index (κ1) is 16.8. The zero-order valence-corrected chi connectivity index (χ0v) is 15.1. The summed E-state index contributed by atoms with van der Waals surface area (Å²) in [4.78, 5) is 11.8. The fourth-order valence-corrected chi connectivity index (χ4v) is 6.20. The quantitative estimate of drug-likeness (QED) is 0.668. The molecule has 0 amide bonds. The number of allylic oxidation sites excluding steroid dienone is 6. The Morgan fingerprint density at radius 3 is 2.76 bits per heavy atom. The molecule has 7 atom stereocenters. The number of hydrogen-bond donors (Lipinski definition) is 2. The van der Waals surface area contributed by atoms with Crippen LogP contribution in [0.1, 0.15) is 40.0 Å². The molecule has 3 nitrogen and oxygen atoms in total. The normalized spacial score (nSPS) is 50.3. The number of fused-ring (bicyclic) bond motifs is 5. The van der Waals surface area contributed by atoms with Crippen LogP contribution >= 0.6 is 0 Å². The lowest BCUT2D eigenvalue weighted by Gasteiger charge is -2.57. The number of aliphatic hydroxyl groups is 2. The van der Waals surface area contributed by atoms with Gasteiger partial charge in [0.1, 0.15) is 5.60 Å². The van der Waals surface area contributed by atoms with Crippen LogP contribution in [-0.4, -0.2) is 27.7 Å². The maximum atomic E-state index is 11.8. The second kappa shape index (κ2) is 5.19. The molecule has 3 unspecified atom stereocenters. The molecular formula is C22H26O3. The Morgan fingerprint density at radius 1 is 1.28 bits per heavy atom. The van der Waals surface area contributed by atoms with E-state index in [-0.39, 0.29) is 29.0 Å². The highest BCUT2D eigenvalue weighted by molar-refractivity contribution is 6.01. The topological polar surface area (TPSA) is 57.5 Å². The van der Waals surface area contributed by atoms with Gasteiger partial charge in [-0.3, -0.25) is 4.79 Å². The molecule has 4 aliphatic rings. The van der Waals surface area contributed by atoms with Gasteiger partial charge in [0.25, 0.3) is 0 Å². The van der Waals surface area contributed by atoms with Gasteiger partial charge in [-0.25, -0.2) is 0 Å². The van der Waals surface area contributed by atoms with Crippen LogP contribution in [0, 0.1) is 40.4 Å². The number of aliphatic hydroxyl groups excluding tert-OH is 1. The van der Waals surface area contributed by atoms with Crippen molar-refractivity contribution >= 4 is 5.78 Å². The molecule has 0 spiro atoms. The molecule has 0 aromatic heterocycles. The average molecular weight is 338 g/mol. The largest absolute Gasteiger partial charge is 0.393 e. The Balaban J connectivity index is 1.81. The SMILES string of the molecule is CC#C[C@]1(O)CCC2C3C=CC4=CC(=O)C=C[C@]4(C)C3[C@@H](O)C[C@@]21C. The summed E-state index contributed by atoms with van der Waals surface area (Å²) in [6.45, 7) is 5.98. The molecule has 2 fully saturated rings. The summed E-state index contributed by atoms with van der Waals surface area (Å²) in [5.74, 6) is 6.45. The Morgan fingerprint density at radius 2 is 2.04 bits per heavy atom. The summed E-state index contributed by atoms with van der Waals surface area (Å²) in [7, 11) is 0. The molecule has 0 heterocycles. The highest BCUT2D eigenvalue weighted by Gasteiger charge is 2.65. The standard InChI is InChI=1S/C22H26O3/c1-4-9-22(25)11-8-17-16-6-5-14-12-15(23)7-10-20(14,2)19(16)18(24)13-21(17,22)3/h5-7,10,12,16-19,24-25H,8,11,13H2,1-3H3/t16?,17?,18-,19?,20-,21-,22-/m0/s1. The summed E-state index contributed by atoms with van der Waals surface area (Å²) >= 11 is 0. The first-order valence-electron chi connectivity index (χ1n) is 9.23. The summed E-state index contributed by atoms with van der Waals surface area (Å²) in [6.07, 6.45) is 11.1. The van der Waals surface area contributed by atoms with E-state index in [4.69, 9.17) is 0 Å². The van der Waals surface area contributed by atoms with Crippen molar-refractivity contribution in [2.24, 2.45) is 28.6 Å². The third-order valence-corrected chi connectivity index (χ3v) is 7.54. The molecule has 4 rings (SSSR count). The van der Waals surface area contributed by atoms with E-state index in [9.17, 15) is 15.0 Å². The van der Waals surface area contributed by atoms with E-state index >= 15 is 0 Å². The van der Waals surface area contributed by atoms with Crippen LogP contribution < -0.4 is 0 Å². The molecule has 0 bridgehead atoms. The highest BCUT2D eigenvalue weighted by atomic mass is 16.3. The van der Waals surface area contributed by atoms with Gasteiger partial charge < -0.3 is 10.2 Å². The zero-order valence-electron chi connectivity index (χ0n) is 15.1. The van der Waals surface area contributed by atoms with Gasteiger partial charge in [0, 0.05) is 16.7 Å². The van der Waals surface area contributed by atoms with Crippen molar-refractivity contribution in [2.45, 2.75) is 51.7 Å². The van der Waals surface area contributed by atoms with Crippen LogP contribution in [0.3, 0.4) is 0 Å². The third kappa shape index (κ3) is 2.05. The van der Waals surface area contributed by atoms with Crippen molar-refractivity contribution in [2.75, 3.05) is 0 Å². The number of carbonyl (C=O) groups is 1. The third-order valence-electron chi connectivity index (χ3n) is 7.54.